The van der Waals surface area contributed by atoms with Gasteiger partial charge in [0, 0.05) is 22.7 Å². The number of amides is 1. The SMILES string of the molecule is O=C(Nc1ccc(Cn2cncn2)cc1)c1cc(C2CC2)nc2ccccc12. The Morgan fingerprint density at radius 1 is 1.11 bits per heavy atom. The summed E-state index contributed by atoms with van der Waals surface area (Å²) in [5, 5.41) is 8.01. The van der Waals surface area contributed by atoms with E-state index in [0.717, 1.165) is 40.7 Å². The van der Waals surface area contributed by atoms with Crippen LogP contribution in [-0.4, -0.2) is 25.7 Å². The van der Waals surface area contributed by atoms with Crippen molar-refractivity contribution in [3.8, 4) is 0 Å². The van der Waals surface area contributed by atoms with Gasteiger partial charge in [-0.2, -0.15) is 5.10 Å². The molecular weight excluding hydrogens is 350 g/mol. The van der Waals surface area contributed by atoms with E-state index in [-0.39, 0.29) is 5.91 Å². The lowest BCUT2D eigenvalue weighted by atomic mass is 10.1. The summed E-state index contributed by atoms with van der Waals surface area (Å²) in [5.74, 6) is 0.386. The molecule has 1 N–H and O–H groups in total. The maximum absolute atomic E-state index is 13.0. The monoisotopic (exact) mass is 369 g/mol. The minimum atomic E-state index is -0.107. The Hall–Kier alpha value is -3.54. The molecule has 138 valence electrons. The molecule has 2 aromatic carbocycles. The number of rotatable bonds is 5. The second-order valence-electron chi connectivity index (χ2n) is 7.13. The topological polar surface area (TPSA) is 72.7 Å². The van der Waals surface area contributed by atoms with E-state index in [4.69, 9.17) is 4.98 Å². The first-order valence-corrected chi connectivity index (χ1v) is 9.39. The molecule has 0 radical (unpaired) electrons. The highest BCUT2D eigenvalue weighted by atomic mass is 16.1. The van der Waals surface area contributed by atoms with Crippen LogP contribution in [0.5, 0.6) is 0 Å². The fourth-order valence-corrected chi connectivity index (χ4v) is 3.37. The fourth-order valence-electron chi connectivity index (χ4n) is 3.37. The van der Waals surface area contributed by atoms with Crippen molar-refractivity contribution in [1.82, 2.24) is 19.7 Å². The lowest BCUT2D eigenvalue weighted by Gasteiger charge is -2.11. The van der Waals surface area contributed by atoms with Crippen LogP contribution in [-0.2, 0) is 6.54 Å². The number of hydrogen-bond acceptors (Lipinski definition) is 4. The summed E-state index contributed by atoms with van der Waals surface area (Å²) in [6.07, 6.45) is 5.50. The summed E-state index contributed by atoms with van der Waals surface area (Å²) >= 11 is 0. The molecular formula is C22H19N5O. The Morgan fingerprint density at radius 2 is 1.93 bits per heavy atom. The molecule has 0 aliphatic heterocycles. The third-order valence-electron chi connectivity index (χ3n) is 5.00. The molecule has 2 aromatic heterocycles. The maximum atomic E-state index is 13.0. The van der Waals surface area contributed by atoms with Gasteiger partial charge in [0.05, 0.1) is 17.6 Å². The Balaban J connectivity index is 1.39. The zero-order valence-corrected chi connectivity index (χ0v) is 15.2. The van der Waals surface area contributed by atoms with Gasteiger partial charge in [-0.15, -0.1) is 0 Å². The third-order valence-corrected chi connectivity index (χ3v) is 5.00. The molecule has 0 spiro atoms. The maximum Gasteiger partial charge on any atom is 0.256 e. The van der Waals surface area contributed by atoms with E-state index in [1.807, 2.05) is 54.6 Å². The van der Waals surface area contributed by atoms with Crippen LogP contribution >= 0.6 is 0 Å². The summed E-state index contributed by atoms with van der Waals surface area (Å²) in [6, 6.07) is 17.6. The summed E-state index contributed by atoms with van der Waals surface area (Å²) in [4.78, 5) is 21.7. The van der Waals surface area contributed by atoms with Gasteiger partial charge in [-0.3, -0.25) is 9.78 Å². The number of carbonyl (C=O) groups excluding carboxylic acids is 1. The minimum Gasteiger partial charge on any atom is -0.322 e. The number of fused-ring (bicyclic) bond motifs is 1. The van der Waals surface area contributed by atoms with Crippen molar-refractivity contribution in [2.24, 2.45) is 0 Å². The number of anilines is 1. The van der Waals surface area contributed by atoms with Crippen LogP contribution in [0.25, 0.3) is 10.9 Å². The Labute approximate surface area is 162 Å². The number of pyridine rings is 1. The first-order valence-electron chi connectivity index (χ1n) is 9.39. The van der Waals surface area contributed by atoms with Gasteiger partial charge in [0.15, 0.2) is 0 Å². The average Bonchev–Trinajstić information content (AvgIpc) is 3.46. The molecule has 0 bridgehead atoms. The van der Waals surface area contributed by atoms with Gasteiger partial charge in [0.25, 0.3) is 5.91 Å². The van der Waals surface area contributed by atoms with Gasteiger partial charge in [0.1, 0.15) is 12.7 Å². The van der Waals surface area contributed by atoms with E-state index in [0.29, 0.717) is 18.0 Å². The van der Waals surface area contributed by atoms with E-state index in [2.05, 4.69) is 15.4 Å². The fraction of sp³-hybridized carbons (Fsp3) is 0.182. The van der Waals surface area contributed by atoms with E-state index in [1.54, 1.807) is 11.0 Å². The van der Waals surface area contributed by atoms with Crippen LogP contribution in [0.15, 0.2) is 67.3 Å². The molecule has 1 amide bonds. The molecule has 1 aliphatic rings. The summed E-state index contributed by atoms with van der Waals surface area (Å²) in [7, 11) is 0. The Bertz CT molecular complexity index is 1130. The van der Waals surface area contributed by atoms with Gasteiger partial charge in [-0.05, 0) is 42.7 Å². The predicted molar refractivity (Wildman–Crippen MR) is 107 cm³/mol. The van der Waals surface area contributed by atoms with Crippen molar-refractivity contribution < 1.29 is 4.79 Å². The van der Waals surface area contributed by atoms with E-state index < -0.39 is 0 Å². The number of nitrogens with one attached hydrogen (secondary N) is 1. The smallest absolute Gasteiger partial charge is 0.256 e. The molecule has 2 heterocycles. The van der Waals surface area contributed by atoms with E-state index in [9.17, 15) is 4.79 Å². The molecule has 1 fully saturated rings. The van der Waals surface area contributed by atoms with Crippen molar-refractivity contribution in [3.63, 3.8) is 0 Å². The van der Waals surface area contributed by atoms with E-state index in [1.165, 1.54) is 6.33 Å². The Kier molecular flexibility index (Phi) is 4.09. The summed E-state index contributed by atoms with van der Waals surface area (Å²) in [5.41, 5.74) is 4.43. The predicted octanol–water partition coefficient (Wildman–Crippen LogP) is 4.00. The highest BCUT2D eigenvalue weighted by Gasteiger charge is 2.26. The van der Waals surface area contributed by atoms with Crippen molar-refractivity contribution >= 4 is 22.5 Å². The highest BCUT2D eigenvalue weighted by molar-refractivity contribution is 6.12. The second-order valence-corrected chi connectivity index (χ2v) is 7.13. The molecule has 28 heavy (non-hydrogen) atoms. The number of para-hydroxylation sites is 1. The van der Waals surface area contributed by atoms with Crippen LogP contribution in [0.4, 0.5) is 5.69 Å². The van der Waals surface area contributed by atoms with Crippen LogP contribution in [0.1, 0.15) is 40.4 Å². The lowest BCUT2D eigenvalue weighted by molar-refractivity contribution is 0.102. The second kappa shape index (κ2) is 6.88. The average molecular weight is 369 g/mol. The van der Waals surface area contributed by atoms with Crippen LogP contribution in [0.3, 0.4) is 0 Å². The van der Waals surface area contributed by atoms with Gasteiger partial charge < -0.3 is 5.32 Å². The standard InChI is InChI=1S/C22H19N5O/c28-22(25-17-9-5-15(6-10-17)12-27-14-23-13-24-27)19-11-21(16-7-8-16)26-20-4-2-1-3-18(19)20/h1-6,9-11,13-14,16H,7-8,12H2,(H,25,28). The quantitative estimate of drug-likeness (QED) is 0.577. The number of hydrogen-bond donors (Lipinski definition) is 1. The molecule has 0 unspecified atom stereocenters. The molecule has 1 aliphatic carbocycles. The Morgan fingerprint density at radius 3 is 2.68 bits per heavy atom. The normalized spacial score (nSPS) is 13.6. The van der Waals surface area contributed by atoms with Gasteiger partial charge in [0.2, 0.25) is 0 Å². The molecule has 6 nitrogen and oxygen atoms in total. The van der Waals surface area contributed by atoms with Crippen molar-refractivity contribution in [3.05, 3.63) is 84.1 Å². The minimum absolute atomic E-state index is 0.107. The van der Waals surface area contributed by atoms with Crippen LogP contribution in [0.2, 0.25) is 0 Å². The highest BCUT2D eigenvalue weighted by Crippen LogP contribution is 2.40. The zero-order valence-electron chi connectivity index (χ0n) is 15.2. The van der Waals surface area contributed by atoms with Crippen molar-refractivity contribution in [2.45, 2.75) is 25.3 Å². The molecule has 0 atom stereocenters. The van der Waals surface area contributed by atoms with Crippen LogP contribution in [0, 0.1) is 0 Å². The first-order chi connectivity index (χ1) is 13.8. The van der Waals surface area contributed by atoms with Gasteiger partial charge in [-0.25, -0.2) is 9.67 Å². The van der Waals surface area contributed by atoms with E-state index >= 15 is 0 Å². The largest absolute Gasteiger partial charge is 0.322 e. The molecule has 6 heteroatoms. The summed E-state index contributed by atoms with van der Waals surface area (Å²) in [6.45, 7) is 0.647. The number of aromatic nitrogens is 4. The zero-order chi connectivity index (χ0) is 18.9. The molecule has 1 saturated carbocycles. The summed E-state index contributed by atoms with van der Waals surface area (Å²) < 4.78 is 1.76. The third kappa shape index (κ3) is 3.36. The number of benzene rings is 2. The van der Waals surface area contributed by atoms with Gasteiger partial charge in [-0.1, -0.05) is 30.3 Å². The number of carbonyl (C=O) groups is 1. The lowest BCUT2D eigenvalue weighted by Crippen LogP contribution is -2.13. The van der Waals surface area contributed by atoms with Crippen molar-refractivity contribution in [1.29, 1.82) is 0 Å². The first kappa shape index (κ1) is 16.6. The number of nitrogens with zero attached hydrogens (tertiary/aromatic N) is 4. The molecule has 0 saturated heterocycles. The molecule has 4 aromatic rings. The van der Waals surface area contributed by atoms with Crippen LogP contribution < -0.4 is 5.32 Å². The molecule has 5 rings (SSSR count). The van der Waals surface area contributed by atoms with Gasteiger partial charge >= 0.3 is 0 Å². The van der Waals surface area contributed by atoms with Crippen molar-refractivity contribution in [2.75, 3.05) is 5.32 Å².